The first kappa shape index (κ1) is 11.7. The van der Waals surface area contributed by atoms with Crippen LogP contribution in [0, 0.1) is 0 Å². The van der Waals surface area contributed by atoms with Crippen molar-refractivity contribution in [3.05, 3.63) is 29.7 Å². The summed E-state index contributed by atoms with van der Waals surface area (Å²) in [6.45, 7) is 1.93. The number of hydrogen-bond acceptors (Lipinski definition) is 6. The number of aromatic carboxylic acids is 1. The van der Waals surface area contributed by atoms with Gasteiger partial charge in [-0.05, 0) is 12.1 Å². The summed E-state index contributed by atoms with van der Waals surface area (Å²) >= 11 is 1.31. The first-order chi connectivity index (χ1) is 8.19. The van der Waals surface area contributed by atoms with Crippen molar-refractivity contribution in [2.45, 2.75) is 24.2 Å². The molecular weight excluding hydrogens is 244 g/mol. The summed E-state index contributed by atoms with van der Waals surface area (Å²) < 4.78 is 10.4. The van der Waals surface area contributed by atoms with Crippen molar-refractivity contribution in [2.24, 2.45) is 0 Å². The van der Waals surface area contributed by atoms with E-state index in [2.05, 4.69) is 10.2 Å². The van der Waals surface area contributed by atoms with E-state index in [-0.39, 0.29) is 5.76 Å². The molecule has 17 heavy (non-hydrogen) atoms. The number of furan rings is 1. The molecule has 1 N–H and O–H groups in total. The van der Waals surface area contributed by atoms with Gasteiger partial charge in [0, 0.05) is 6.42 Å². The predicted octanol–water partition coefficient (Wildman–Crippen LogP) is 2.22. The fraction of sp³-hybridized carbons (Fsp3) is 0.300. The Hall–Kier alpha value is -1.76. The van der Waals surface area contributed by atoms with E-state index in [0.29, 0.717) is 29.0 Å². The highest BCUT2D eigenvalue weighted by atomic mass is 32.2. The van der Waals surface area contributed by atoms with E-state index in [1.165, 1.54) is 17.8 Å². The molecule has 0 atom stereocenters. The van der Waals surface area contributed by atoms with Crippen LogP contribution in [0.25, 0.3) is 0 Å². The van der Waals surface area contributed by atoms with Crippen molar-refractivity contribution in [1.82, 2.24) is 10.2 Å². The number of hydrogen-bond donors (Lipinski definition) is 1. The maximum atomic E-state index is 10.6. The maximum Gasteiger partial charge on any atom is 0.371 e. The topological polar surface area (TPSA) is 89.4 Å². The van der Waals surface area contributed by atoms with Crippen molar-refractivity contribution >= 4 is 17.7 Å². The van der Waals surface area contributed by atoms with E-state index in [0.717, 1.165) is 0 Å². The zero-order valence-corrected chi connectivity index (χ0v) is 9.86. The quantitative estimate of drug-likeness (QED) is 0.818. The monoisotopic (exact) mass is 254 g/mol. The third-order valence-corrected chi connectivity index (χ3v) is 2.84. The van der Waals surface area contributed by atoms with Gasteiger partial charge in [0.2, 0.25) is 17.5 Å². The molecule has 0 radical (unpaired) electrons. The highest BCUT2D eigenvalue weighted by molar-refractivity contribution is 7.98. The van der Waals surface area contributed by atoms with Crippen LogP contribution in [0.5, 0.6) is 0 Å². The van der Waals surface area contributed by atoms with Crippen LogP contribution in [-0.2, 0) is 12.2 Å². The lowest BCUT2D eigenvalue weighted by atomic mass is 10.5. The van der Waals surface area contributed by atoms with Gasteiger partial charge in [-0.15, -0.1) is 10.2 Å². The Bertz CT molecular complexity index is 520. The van der Waals surface area contributed by atoms with Crippen LogP contribution in [0.3, 0.4) is 0 Å². The van der Waals surface area contributed by atoms with Gasteiger partial charge in [0.25, 0.3) is 0 Å². The van der Waals surface area contributed by atoms with Crippen LogP contribution in [0.4, 0.5) is 0 Å². The van der Waals surface area contributed by atoms with Crippen LogP contribution in [0.15, 0.2) is 26.1 Å². The normalized spacial score (nSPS) is 10.6. The van der Waals surface area contributed by atoms with Gasteiger partial charge in [-0.25, -0.2) is 4.79 Å². The second-order valence-corrected chi connectivity index (χ2v) is 4.14. The third kappa shape index (κ3) is 2.88. The second-order valence-electron chi connectivity index (χ2n) is 3.16. The number of carboxylic acids is 1. The fourth-order valence-electron chi connectivity index (χ4n) is 1.14. The molecule has 0 aliphatic carbocycles. The number of aryl methyl sites for hydroxylation is 1. The van der Waals surface area contributed by atoms with Crippen molar-refractivity contribution in [1.29, 1.82) is 0 Å². The minimum Gasteiger partial charge on any atom is -0.475 e. The summed E-state index contributed by atoms with van der Waals surface area (Å²) in [5.74, 6) is 0.390. The van der Waals surface area contributed by atoms with Gasteiger partial charge in [0.05, 0.1) is 5.75 Å². The van der Waals surface area contributed by atoms with E-state index in [1.807, 2.05) is 6.92 Å². The number of aromatic nitrogens is 2. The molecule has 6 nitrogen and oxygen atoms in total. The number of thioether (sulfide) groups is 1. The molecule has 2 aromatic heterocycles. The minimum absolute atomic E-state index is 0.0766. The summed E-state index contributed by atoms with van der Waals surface area (Å²) in [5, 5.41) is 16.9. The molecule has 90 valence electrons. The summed E-state index contributed by atoms with van der Waals surface area (Å²) in [6, 6.07) is 3.02. The molecular formula is C10H10N2O4S. The SMILES string of the molecule is CCc1nnc(CSc2ccc(C(=O)O)o2)o1. The number of nitrogens with zero attached hydrogens (tertiary/aromatic N) is 2. The molecule has 0 saturated carbocycles. The van der Waals surface area contributed by atoms with E-state index >= 15 is 0 Å². The Balaban J connectivity index is 1.94. The Labute approximate surface area is 101 Å². The molecule has 0 fully saturated rings. The zero-order chi connectivity index (χ0) is 12.3. The first-order valence-corrected chi connectivity index (χ1v) is 5.94. The zero-order valence-electron chi connectivity index (χ0n) is 9.04. The van der Waals surface area contributed by atoms with Crippen molar-refractivity contribution < 1.29 is 18.7 Å². The lowest BCUT2D eigenvalue weighted by Crippen LogP contribution is -1.91. The average molecular weight is 254 g/mol. The summed E-state index contributed by atoms with van der Waals surface area (Å²) in [6.07, 6.45) is 0.696. The average Bonchev–Trinajstić information content (AvgIpc) is 2.95. The van der Waals surface area contributed by atoms with Crippen molar-refractivity contribution in [3.63, 3.8) is 0 Å². The molecule has 0 saturated heterocycles. The van der Waals surface area contributed by atoms with Crippen molar-refractivity contribution in [2.75, 3.05) is 0 Å². The largest absolute Gasteiger partial charge is 0.475 e. The standard InChI is InChI=1S/C10H10N2O4S/c1-2-7-11-12-8(16-7)5-17-9-4-3-6(15-9)10(13)14/h3-4H,2,5H2,1H3,(H,13,14). The molecule has 0 aliphatic heterocycles. The Kier molecular flexibility index (Phi) is 3.48. The van der Waals surface area contributed by atoms with Gasteiger partial charge in [-0.1, -0.05) is 18.7 Å². The molecule has 0 aromatic carbocycles. The molecule has 2 aromatic rings. The molecule has 0 unspecified atom stereocenters. The lowest BCUT2D eigenvalue weighted by molar-refractivity contribution is 0.0656. The molecule has 2 rings (SSSR count). The highest BCUT2D eigenvalue weighted by Gasteiger charge is 2.11. The summed E-state index contributed by atoms with van der Waals surface area (Å²) in [7, 11) is 0. The summed E-state index contributed by atoms with van der Waals surface area (Å²) in [5.41, 5.74) is 0. The minimum atomic E-state index is -1.08. The Morgan fingerprint density at radius 3 is 2.71 bits per heavy atom. The molecule has 0 amide bonds. The molecule has 2 heterocycles. The van der Waals surface area contributed by atoms with E-state index in [4.69, 9.17) is 13.9 Å². The Morgan fingerprint density at radius 1 is 1.35 bits per heavy atom. The number of rotatable bonds is 5. The van der Waals surface area contributed by atoms with Gasteiger partial charge in [-0.2, -0.15) is 0 Å². The third-order valence-electron chi connectivity index (χ3n) is 1.94. The van der Waals surface area contributed by atoms with Crippen LogP contribution in [-0.4, -0.2) is 21.3 Å². The van der Waals surface area contributed by atoms with Crippen LogP contribution in [0.1, 0.15) is 29.3 Å². The maximum absolute atomic E-state index is 10.6. The lowest BCUT2D eigenvalue weighted by Gasteiger charge is -1.92. The number of carboxylic acid groups (broad SMARTS) is 1. The highest BCUT2D eigenvalue weighted by Crippen LogP contribution is 2.24. The fourth-order valence-corrected chi connectivity index (χ4v) is 1.83. The van der Waals surface area contributed by atoms with Gasteiger partial charge < -0.3 is 13.9 Å². The van der Waals surface area contributed by atoms with E-state index in [9.17, 15) is 4.79 Å². The van der Waals surface area contributed by atoms with Gasteiger partial charge in [-0.3, -0.25) is 0 Å². The van der Waals surface area contributed by atoms with E-state index in [1.54, 1.807) is 6.07 Å². The molecule has 7 heteroatoms. The van der Waals surface area contributed by atoms with Crippen LogP contribution in [0.2, 0.25) is 0 Å². The smallest absolute Gasteiger partial charge is 0.371 e. The molecule has 0 bridgehead atoms. The Morgan fingerprint density at radius 2 is 2.12 bits per heavy atom. The summed E-state index contributed by atoms with van der Waals surface area (Å²) in [4.78, 5) is 10.6. The number of carbonyl (C=O) groups is 1. The van der Waals surface area contributed by atoms with Crippen LogP contribution >= 0.6 is 11.8 Å². The van der Waals surface area contributed by atoms with Crippen LogP contribution < -0.4 is 0 Å². The molecule has 0 spiro atoms. The van der Waals surface area contributed by atoms with Crippen molar-refractivity contribution in [3.8, 4) is 0 Å². The van der Waals surface area contributed by atoms with Gasteiger partial charge in [0.1, 0.15) is 0 Å². The van der Waals surface area contributed by atoms with Gasteiger partial charge >= 0.3 is 5.97 Å². The molecule has 0 aliphatic rings. The predicted molar refractivity (Wildman–Crippen MR) is 58.9 cm³/mol. The second kappa shape index (κ2) is 5.05. The van der Waals surface area contributed by atoms with E-state index < -0.39 is 5.97 Å². The first-order valence-electron chi connectivity index (χ1n) is 4.96. The van der Waals surface area contributed by atoms with Gasteiger partial charge in [0.15, 0.2) is 5.09 Å².